The summed E-state index contributed by atoms with van der Waals surface area (Å²) in [5.74, 6) is 0. The molecule has 1 N–H and O–H groups in total. The van der Waals surface area contributed by atoms with Crippen molar-refractivity contribution in [2.75, 3.05) is 13.1 Å². The molecule has 35 heavy (non-hydrogen) atoms. The minimum atomic E-state index is -0.530. The zero-order valence-electron chi connectivity index (χ0n) is 20.0. The first kappa shape index (κ1) is 21.7. The normalized spacial score (nSPS) is 17.5. The average molecular weight is 470 g/mol. The van der Waals surface area contributed by atoms with Crippen molar-refractivity contribution in [1.29, 1.82) is 0 Å². The maximum atomic E-state index is 13.3. The maximum Gasteiger partial charge on any atom is 0.329 e. The molecule has 1 aromatic carbocycles. The van der Waals surface area contributed by atoms with Crippen LogP contribution < -0.4 is 5.69 Å². The first-order valence-electron chi connectivity index (χ1n) is 11.8. The van der Waals surface area contributed by atoms with Gasteiger partial charge < -0.3 is 5.11 Å². The predicted octanol–water partition coefficient (Wildman–Crippen LogP) is 2.94. The third-order valence-corrected chi connectivity index (χ3v) is 7.10. The number of aliphatic hydroxyl groups is 1. The number of benzene rings is 1. The molecule has 0 bridgehead atoms. The highest BCUT2D eigenvalue weighted by Gasteiger charge is 2.30. The SMILES string of the molecule is CC(O)N1CCC(n2c(=O)n(C)c3cnc4ccc(-c5ccc(-c6cnn(C)c6)nc5)cc4c32)C1. The molecule has 0 radical (unpaired) electrons. The molecule has 2 unspecified atom stereocenters. The minimum absolute atomic E-state index is 0.00418. The van der Waals surface area contributed by atoms with Gasteiger partial charge in [-0.05, 0) is 37.1 Å². The Morgan fingerprint density at radius 2 is 1.86 bits per heavy atom. The summed E-state index contributed by atoms with van der Waals surface area (Å²) in [6.07, 6.45) is 7.67. The van der Waals surface area contributed by atoms with Crippen LogP contribution in [-0.2, 0) is 14.1 Å². The molecule has 6 rings (SSSR count). The largest absolute Gasteiger partial charge is 0.379 e. The number of fused-ring (bicyclic) bond motifs is 3. The fourth-order valence-electron chi connectivity index (χ4n) is 5.15. The molecule has 5 aromatic rings. The van der Waals surface area contributed by atoms with Gasteiger partial charge in [0.15, 0.2) is 0 Å². The van der Waals surface area contributed by atoms with Gasteiger partial charge in [0, 0.05) is 56.1 Å². The number of hydrogen-bond donors (Lipinski definition) is 1. The molecule has 1 fully saturated rings. The van der Waals surface area contributed by atoms with Crippen LogP contribution in [0.25, 0.3) is 44.3 Å². The van der Waals surface area contributed by atoms with Crippen LogP contribution in [0.15, 0.2) is 59.9 Å². The second kappa shape index (κ2) is 8.14. The molecule has 0 saturated carbocycles. The molecular weight excluding hydrogens is 442 g/mol. The Morgan fingerprint density at radius 3 is 2.54 bits per heavy atom. The molecule has 5 heterocycles. The summed E-state index contributed by atoms with van der Waals surface area (Å²) in [4.78, 5) is 24.6. The van der Waals surface area contributed by atoms with Crippen molar-refractivity contribution >= 4 is 21.9 Å². The lowest BCUT2D eigenvalue weighted by Gasteiger charge is -2.19. The fraction of sp³-hybridized carbons (Fsp3) is 0.308. The first-order valence-corrected chi connectivity index (χ1v) is 11.8. The number of pyridine rings is 2. The van der Waals surface area contributed by atoms with Crippen molar-refractivity contribution in [3.05, 3.63) is 65.6 Å². The number of hydrogen-bond acceptors (Lipinski definition) is 6. The molecule has 2 atom stereocenters. The van der Waals surface area contributed by atoms with E-state index >= 15 is 0 Å². The standard InChI is InChI=1S/C26H27N7O2/c1-16(34)32-9-8-20(15-32)33-25-21-10-17(4-7-23(21)28-13-24(25)31(3)26(33)35)18-5-6-22(27-11-18)19-12-29-30(2)14-19/h4-7,10-14,16,20,34H,8-9,15H2,1-3H3. The van der Waals surface area contributed by atoms with Crippen LogP contribution in [-0.4, -0.2) is 58.2 Å². The monoisotopic (exact) mass is 469 g/mol. The molecule has 0 amide bonds. The highest BCUT2D eigenvalue weighted by atomic mass is 16.3. The van der Waals surface area contributed by atoms with E-state index < -0.39 is 6.23 Å². The number of likely N-dealkylation sites (tertiary alicyclic amines) is 1. The van der Waals surface area contributed by atoms with Gasteiger partial charge in [0.2, 0.25) is 0 Å². The summed E-state index contributed by atoms with van der Waals surface area (Å²) in [5.41, 5.74) is 6.32. The van der Waals surface area contributed by atoms with Crippen molar-refractivity contribution in [1.82, 2.24) is 33.8 Å². The summed E-state index contributed by atoms with van der Waals surface area (Å²) in [7, 11) is 3.68. The average Bonchev–Trinajstić information content (AvgIpc) is 3.58. The van der Waals surface area contributed by atoms with E-state index in [0.29, 0.717) is 6.54 Å². The third-order valence-electron chi connectivity index (χ3n) is 7.10. The number of aliphatic hydroxyl groups excluding tert-OH is 1. The highest BCUT2D eigenvalue weighted by molar-refractivity contribution is 6.04. The van der Waals surface area contributed by atoms with Gasteiger partial charge in [0.1, 0.15) is 6.23 Å². The molecule has 1 saturated heterocycles. The zero-order valence-corrected chi connectivity index (χ0v) is 20.0. The smallest absolute Gasteiger partial charge is 0.329 e. The van der Waals surface area contributed by atoms with Crippen molar-refractivity contribution in [2.45, 2.75) is 25.6 Å². The van der Waals surface area contributed by atoms with Crippen LogP contribution >= 0.6 is 0 Å². The molecular formula is C26H27N7O2. The molecule has 1 aliphatic rings. The van der Waals surface area contributed by atoms with Crippen molar-refractivity contribution in [3.8, 4) is 22.4 Å². The van der Waals surface area contributed by atoms with E-state index in [9.17, 15) is 9.90 Å². The number of imidazole rings is 1. The van der Waals surface area contributed by atoms with Crippen LogP contribution in [0.5, 0.6) is 0 Å². The van der Waals surface area contributed by atoms with E-state index in [2.05, 4.69) is 27.2 Å². The van der Waals surface area contributed by atoms with Gasteiger partial charge in [0.05, 0.1) is 40.7 Å². The lowest BCUT2D eigenvalue weighted by Crippen LogP contribution is -2.32. The predicted molar refractivity (Wildman–Crippen MR) is 135 cm³/mol. The van der Waals surface area contributed by atoms with Crippen LogP contribution in [0.2, 0.25) is 0 Å². The van der Waals surface area contributed by atoms with E-state index in [0.717, 1.165) is 57.3 Å². The maximum absolute atomic E-state index is 13.3. The Balaban J connectivity index is 1.47. The molecule has 178 valence electrons. The summed E-state index contributed by atoms with van der Waals surface area (Å²) in [5, 5.41) is 15.2. The van der Waals surface area contributed by atoms with Crippen LogP contribution in [0, 0.1) is 0 Å². The topological polar surface area (TPSA) is 94.0 Å². The lowest BCUT2D eigenvalue weighted by atomic mass is 10.0. The molecule has 1 aliphatic heterocycles. The van der Waals surface area contributed by atoms with E-state index in [4.69, 9.17) is 0 Å². The van der Waals surface area contributed by atoms with Crippen molar-refractivity contribution in [2.24, 2.45) is 14.1 Å². The summed E-state index contributed by atoms with van der Waals surface area (Å²) < 4.78 is 5.33. The van der Waals surface area contributed by atoms with E-state index in [-0.39, 0.29) is 11.7 Å². The van der Waals surface area contributed by atoms with Crippen LogP contribution in [0.3, 0.4) is 0 Å². The second-order valence-corrected chi connectivity index (χ2v) is 9.34. The Kier molecular flexibility index (Phi) is 5.05. The van der Waals surface area contributed by atoms with Crippen LogP contribution in [0.4, 0.5) is 0 Å². The van der Waals surface area contributed by atoms with Gasteiger partial charge in [-0.25, -0.2) is 4.79 Å². The van der Waals surface area contributed by atoms with Gasteiger partial charge in [-0.1, -0.05) is 12.1 Å². The van der Waals surface area contributed by atoms with Crippen LogP contribution in [0.1, 0.15) is 19.4 Å². The first-order chi connectivity index (χ1) is 16.9. The van der Waals surface area contributed by atoms with E-state index in [1.54, 1.807) is 35.6 Å². The summed E-state index contributed by atoms with van der Waals surface area (Å²) in [6, 6.07) is 10.2. The van der Waals surface area contributed by atoms with E-state index in [1.807, 2.05) is 47.1 Å². The zero-order chi connectivity index (χ0) is 24.3. The van der Waals surface area contributed by atoms with Crippen molar-refractivity contribution < 1.29 is 5.11 Å². The van der Waals surface area contributed by atoms with Crippen molar-refractivity contribution in [3.63, 3.8) is 0 Å². The Labute approximate surface area is 201 Å². The Hall–Kier alpha value is -3.82. The van der Waals surface area contributed by atoms with Gasteiger partial charge >= 0.3 is 5.69 Å². The highest BCUT2D eigenvalue weighted by Crippen LogP contribution is 2.32. The number of aromatic nitrogens is 6. The summed E-state index contributed by atoms with van der Waals surface area (Å²) >= 11 is 0. The quantitative estimate of drug-likeness (QED) is 0.435. The second-order valence-electron chi connectivity index (χ2n) is 9.34. The van der Waals surface area contributed by atoms with E-state index in [1.165, 1.54) is 0 Å². The molecule has 9 nitrogen and oxygen atoms in total. The third kappa shape index (κ3) is 3.55. The van der Waals surface area contributed by atoms with Gasteiger partial charge in [-0.15, -0.1) is 0 Å². The van der Waals surface area contributed by atoms with Gasteiger partial charge in [-0.3, -0.25) is 28.7 Å². The fourth-order valence-corrected chi connectivity index (χ4v) is 5.15. The number of aryl methyl sites for hydroxylation is 2. The Bertz CT molecular complexity index is 1610. The molecule has 0 aliphatic carbocycles. The molecule has 4 aromatic heterocycles. The number of rotatable bonds is 4. The Morgan fingerprint density at radius 1 is 1.03 bits per heavy atom. The van der Waals surface area contributed by atoms with Gasteiger partial charge in [-0.2, -0.15) is 5.10 Å². The minimum Gasteiger partial charge on any atom is -0.379 e. The van der Waals surface area contributed by atoms with Gasteiger partial charge in [0.25, 0.3) is 0 Å². The molecule has 9 heteroatoms. The number of nitrogens with zero attached hydrogens (tertiary/aromatic N) is 7. The molecule has 0 spiro atoms. The lowest BCUT2D eigenvalue weighted by molar-refractivity contribution is 0.0344. The summed E-state index contributed by atoms with van der Waals surface area (Å²) in [6.45, 7) is 3.17.